The number of hydrogen-bond donors (Lipinski definition) is 0. The Labute approximate surface area is 76.3 Å². The smallest absolute Gasteiger partial charge is 0.126 e. The van der Waals surface area contributed by atoms with Crippen molar-refractivity contribution in [1.82, 2.24) is 0 Å². The van der Waals surface area contributed by atoms with E-state index in [4.69, 9.17) is 4.74 Å². The van der Waals surface area contributed by atoms with E-state index >= 15 is 0 Å². The van der Waals surface area contributed by atoms with Crippen molar-refractivity contribution in [2.75, 3.05) is 7.11 Å². The lowest BCUT2D eigenvalue weighted by Gasteiger charge is -2.23. The van der Waals surface area contributed by atoms with Gasteiger partial charge in [0.05, 0.1) is 5.60 Å². The summed E-state index contributed by atoms with van der Waals surface area (Å²) in [5, 5.41) is 0. The molecule has 0 aliphatic rings. The number of hydrogen-bond acceptors (Lipinski definition) is 1. The fourth-order valence-corrected chi connectivity index (χ4v) is 1.02. The molecule has 0 radical (unpaired) electrons. The largest absolute Gasteiger partial charge is 0.374 e. The minimum Gasteiger partial charge on any atom is -0.374 e. The highest BCUT2D eigenvalue weighted by Gasteiger charge is 2.20. The van der Waals surface area contributed by atoms with Gasteiger partial charge in [0.1, 0.15) is 11.6 Å². The number of methoxy groups -OCH3 is 1. The molecule has 0 heterocycles. The van der Waals surface area contributed by atoms with Gasteiger partial charge < -0.3 is 4.74 Å². The normalized spacial score (nSPS) is 11.8. The molecule has 0 aliphatic carbocycles. The van der Waals surface area contributed by atoms with E-state index in [2.05, 4.69) is 0 Å². The fourth-order valence-electron chi connectivity index (χ4n) is 1.02. The monoisotopic (exact) mass is 186 g/mol. The van der Waals surface area contributed by atoms with Crippen molar-refractivity contribution in [3.05, 3.63) is 35.4 Å². The molecule has 0 aliphatic heterocycles. The van der Waals surface area contributed by atoms with Gasteiger partial charge in [0, 0.05) is 13.2 Å². The Morgan fingerprint density at radius 1 is 1.08 bits per heavy atom. The Balaban J connectivity index is 3.15. The number of ether oxygens (including phenoxy) is 1. The summed E-state index contributed by atoms with van der Waals surface area (Å²) in [4.78, 5) is 0. The van der Waals surface area contributed by atoms with E-state index in [0.717, 1.165) is 6.07 Å². The molecule has 3 heteroatoms. The molecule has 0 bridgehead atoms. The van der Waals surface area contributed by atoms with Crippen molar-refractivity contribution in [3.63, 3.8) is 0 Å². The molecule has 0 spiro atoms. The van der Waals surface area contributed by atoms with Crippen LogP contribution in [0.4, 0.5) is 8.78 Å². The molecule has 0 atom stereocenters. The van der Waals surface area contributed by atoms with Crippen LogP contribution >= 0.6 is 0 Å². The molecule has 13 heavy (non-hydrogen) atoms. The van der Waals surface area contributed by atoms with Gasteiger partial charge in [-0.3, -0.25) is 0 Å². The summed E-state index contributed by atoms with van der Waals surface area (Å²) < 4.78 is 30.7. The Morgan fingerprint density at radius 3 is 1.92 bits per heavy atom. The van der Waals surface area contributed by atoms with Crippen LogP contribution in [0, 0.1) is 11.6 Å². The third-order valence-corrected chi connectivity index (χ3v) is 2.07. The number of halogens is 2. The van der Waals surface area contributed by atoms with E-state index in [1.807, 2.05) is 0 Å². The molecule has 1 aromatic rings. The predicted octanol–water partition coefficient (Wildman–Crippen LogP) is 2.85. The van der Waals surface area contributed by atoms with E-state index in [1.165, 1.54) is 19.2 Å². The standard InChI is InChI=1S/C10H12F2O/c1-10(2,13-3)7-4-8(11)6-9(12)5-7/h4-6H,1-3H3. The molecule has 1 aromatic carbocycles. The van der Waals surface area contributed by atoms with Crippen molar-refractivity contribution in [2.24, 2.45) is 0 Å². The van der Waals surface area contributed by atoms with Crippen molar-refractivity contribution in [1.29, 1.82) is 0 Å². The van der Waals surface area contributed by atoms with Gasteiger partial charge >= 0.3 is 0 Å². The zero-order valence-corrected chi connectivity index (χ0v) is 7.90. The summed E-state index contributed by atoms with van der Waals surface area (Å²) >= 11 is 0. The predicted molar refractivity (Wildman–Crippen MR) is 46.4 cm³/mol. The van der Waals surface area contributed by atoms with Gasteiger partial charge in [-0.15, -0.1) is 0 Å². The van der Waals surface area contributed by atoms with Crippen molar-refractivity contribution in [2.45, 2.75) is 19.4 Å². The highest BCUT2D eigenvalue weighted by molar-refractivity contribution is 5.23. The molecular formula is C10H12F2O. The molecule has 0 aromatic heterocycles. The summed E-state index contributed by atoms with van der Waals surface area (Å²) in [5.41, 5.74) is -0.171. The van der Waals surface area contributed by atoms with Gasteiger partial charge in [0.25, 0.3) is 0 Å². The molecule has 0 saturated carbocycles. The van der Waals surface area contributed by atoms with Crippen LogP contribution < -0.4 is 0 Å². The summed E-state index contributed by atoms with van der Waals surface area (Å²) in [6.45, 7) is 3.50. The Bertz CT molecular complexity index is 288. The Hall–Kier alpha value is -0.960. The van der Waals surface area contributed by atoms with Crippen LogP contribution in [0.2, 0.25) is 0 Å². The van der Waals surface area contributed by atoms with E-state index in [1.54, 1.807) is 13.8 Å². The molecule has 1 rings (SSSR count). The minimum absolute atomic E-state index is 0.493. The maximum atomic E-state index is 12.8. The summed E-state index contributed by atoms with van der Waals surface area (Å²) in [6.07, 6.45) is 0. The lowest BCUT2D eigenvalue weighted by molar-refractivity contribution is 0.0187. The zero-order chi connectivity index (χ0) is 10.1. The SMILES string of the molecule is COC(C)(C)c1cc(F)cc(F)c1. The van der Waals surface area contributed by atoms with Gasteiger partial charge in [0.15, 0.2) is 0 Å². The quantitative estimate of drug-likeness (QED) is 0.690. The van der Waals surface area contributed by atoms with Gasteiger partial charge in [-0.25, -0.2) is 8.78 Å². The molecule has 0 unspecified atom stereocenters. The first-order valence-corrected chi connectivity index (χ1v) is 3.97. The first-order chi connectivity index (χ1) is 5.95. The molecule has 0 saturated heterocycles. The molecule has 0 N–H and O–H groups in total. The zero-order valence-electron chi connectivity index (χ0n) is 7.90. The van der Waals surface area contributed by atoms with Crippen molar-refractivity contribution in [3.8, 4) is 0 Å². The van der Waals surface area contributed by atoms with Gasteiger partial charge in [0.2, 0.25) is 0 Å². The average molecular weight is 186 g/mol. The van der Waals surface area contributed by atoms with Crippen molar-refractivity contribution >= 4 is 0 Å². The lowest BCUT2D eigenvalue weighted by Crippen LogP contribution is -2.19. The Kier molecular flexibility index (Phi) is 2.66. The van der Waals surface area contributed by atoms with Gasteiger partial charge in [-0.05, 0) is 31.5 Å². The van der Waals surface area contributed by atoms with E-state index < -0.39 is 17.2 Å². The van der Waals surface area contributed by atoms with E-state index in [-0.39, 0.29) is 0 Å². The van der Waals surface area contributed by atoms with Crippen LogP contribution in [0.1, 0.15) is 19.4 Å². The molecule has 1 nitrogen and oxygen atoms in total. The van der Waals surface area contributed by atoms with Crippen LogP contribution in [0.5, 0.6) is 0 Å². The van der Waals surface area contributed by atoms with Crippen LogP contribution in [0.3, 0.4) is 0 Å². The Morgan fingerprint density at radius 2 is 1.54 bits per heavy atom. The summed E-state index contributed by atoms with van der Waals surface area (Å²) in [7, 11) is 1.50. The topological polar surface area (TPSA) is 9.23 Å². The van der Waals surface area contributed by atoms with Gasteiger partial charge in [-0.1, -0.05) is 0 Å². The van der Waals surface area contributed by atoms with Crippen LogP contribution in [-0.4, -0.2) is 7.11 Å². The second kappa shape index (κ2) is 3.42. The van der Waals surface area contributed by atoms with Crippen LogP contribution in [-0.2, 0) is 10.3 Å². The lowest BCUT2D eigenvalue weighted by atomic mass is 9.98. The number of benzene rings is 1. The maximum absolute atomic E-state index is 12.8. The third kappa shape index (κ3) is 2.25. The van der Waals surface area contributed by atoms with Crippen LogP contribution in [0.15, 0.2) is 18.2 Å². The molecule has 0 amide bonds. The maximum Gasteiger partial charge on any atom is 0.126 e. The number of rotatable bonds is 2. The average Bonchev–Trinajstić information content (AvgIpc) is 2.02. The summed E-state index contributed by atoms with van der Waals surface area (Å²) in [6, 6.07) is 3.38. The minimum atomic E-state index is -0.664. The van der Waals surface area contributed by atoms with Crippen LogP contribution in [0.25, 0.3) is 0 Å². The fraction of sp³-hybridized carbons (Fsp3) is 0.400. The summed E-state index contributed by atoms with van der Waals surface area (Å²) in [5.74, 6) is -1.17. The molecular weight excluding hydrogens is 174 g/mol. The first kappa shape index (κ1) is 10.1. The van der Waals surface area contributed by atoms with Crippen molar-refractivity contribution < 1.29 is 13.5 Å². The molecule has 0 fully saturated rings. The second-order valence-electron chi connectivity index (χ2n) is 3.37. The highest BCUT2D eigenvalue weighted by Crippen LogP contribution is 2.24. The second-order valence-corrected chi connectivity index (χ2v) is 3.37. The van der Waals surface area contributed by atoms with E-state index in [0.29, 0.717) is 5.56 Å². The van der Waals surface area contributed by atoms with Gasteiger partial charge in [-0.2, -0.15) is 0 Å². The third-order valence-electron chi connectivity index (χ3n) is 2.07. The first-order valence-electron chi connectivity index (χ1n) is 3.97. The van der Waals surface area contributed by atoms with E-state index in [9.17, 15) is 8.78 Å². The molecule has 72 valence electrons. The highest BCUT2D eigenvalue weighted by atomic mass is 19.1.